The molecule has 0 aliphatic carbocycles. The predicted molar refractivity (Wildman–Crippen MR) is 103 cm³/mol. The summed E-state index contributed by atoms with van der Waals surface area (Å²) in [5, 5.41) is 2.48. The van der Waals surface area contributed by atoms with Crippen LogP contribution in [0, 0.1) is 11.6 Å². The Hall–Kier alpha value is -3.58. The van der Waals surface area contributed by atoms with Crippen LogP contribution in [0.5, 0.6) is 0 Å². The minimum absolute atomic E-state index is 0.0388. The zero-order chi connectivity index (χ0) is 20.7. The van der Waals surface area contributed by atoms with Gasteiger partial charge in [0.05, 0.1) is 27.4 Å². The van der Waals surface area contributed by atoms with Crippen molar-refractivity contribution in [3.8, 4) is 0 Å². The van der Waals surface area contributed by atoms with Crippen molar-refractivity contribution in [3.63, 3.8) is 0 Å². The third-order valence-electron chi connectivity index (χ3n) is 4.42. The minimum atomic E-state index is -1.00. The number of halogens is 3. The second-order valence-corrected chi connectivity index (χ2v) is 6.64. The van der Waals surface area contributed by atoms with E-state index < -0.39 is 29.4 Å². The standard InChI is InChI=1S/C21H11ClF2N2O3/c22-16-10-12(25-19(27)15-7-5-11(23)9-17(15)24)6-8-18(16)26-20(28)13-3-1-2-4-14(13)21(26)29/h1-10H,(H,25,27). The first kappa shape index (κ1) is 18.8. The van der Waals surface area contributed by atoms with Gasteiger partial charge in [-0.2, -0.15) is 0 Å². The number of carbonyl (C=O) groups excluding carboxylic acids is 3. The van der Waals surface area contributed by atoms with E-state index in [1.165, 1.54) is 18.2 Å². The average Bonchev–Trinajstić information content (AvgIpc) is 2.93. The van der Waals surface area contributed by atoms with Crippen molar-refractivity contribution in [1.29, 1.82) is 0 Å². The van der Waals surface area contributed by atoms with E-state index in [2.05, 4.69) is 5.32 Å². The first-order chi connectivity index (χ1) is 13.9. The second kappa shape index (κ2) is 7.10. The molecule has 0 aromatic heterocycles. The van der Waals surface area contributed by atoms with E-state index in [9.17, 15) is 23.2 Å². The van der Waals surface area contributed by atoms with E-state index in [1.54, 1.807) is 24.3 Å². The number of imide groups is 1. The summed E-state index contributed by atoms with van der Waals surface area (Å²) in [6, 6.07) is 13.2. The van der Waals surface area contributed by atoms with Gasteiger partial charge in [0, 0.05) is 11.8 Å². The number of nitrogens with zero attached hydrogens (tertiary/aromatic N) is 1. The molecule has 3 aromatic carbocycles. The Morgan fingerprint density at radius 2 is 1.55 bits per heavy atom. The molecule has 0 bridgehead atoms. The third-order valence-corrected chi connectivity index (χ3v) is 4.72. The predicted octanol–water partition coefficient (Wildman–Crippen LogP) is 4.67. The zero-order valence-electron chi connectivity index (χ0n) is 14.6. The molecule has 4 rings (SSSR count). The largest absolute Gasteiger partial charge is 0.322 e. The van der Waals surface area contributed by atoms with E-state index in [-0.39, 0.29) is 33.1 Å². The minimum Gasteiger partial charge on any atom is -0.322 e. The Kier molecular flexibility index (Phi) is 4.60. The highest BCUT2D eigenvalue weighted by Gasteiger charge is 2.37. The normalized spacial score (nSPS) is 12.9. The molecule has 5 nitrogen and oxygen atoms in total. The van der Waals surface area contributed by atoms with Gasteiger partial charge in [0.2, 0.25) is 0 Å². The fourth-order valence-corrected chi connectivity index (χ4v) is 3.31. The van der Waals surface area contributed by atoms with Gasteiger partial charge in [-0.3, -0.25) is 14.4 Å². The lowest BCUT2D eigenvalue weighted by molar-refractivity contribution is 0.0924. The number of amides is 3. The Morgan fingerprint density at radius 1 is 0.897 bits per heavy atom. The van der Waals surface area contributed by atoms with Gasteiger partial charge in [0.15, 0.2) is 0 Å². The summed E-state index contributed by atoms with van der Waals surface area (Å²) in [5.41, 5.74) is 0.579. The quantitative estimate of drug-likeness (QED) is 0.636. The molecule has 29 heavy (non-hydrogen) atoms. The summed E-state index contributed by atoms with van der Waals surface area (Å²) in [5.74, 6) is -3.61. The highest BCUT2D eigenvalue weighted by molar-refractivity contribution is 6.40. The molecular formula is C21H11ClF2N2O3. The van der Waals surface area contributed by atoms with Crippen LogP contribution >= 0.6 is 11.6 Å². The maximum absolute atomic E-state index is 13.8. The van der Waals surface area contributed by atoms with Gasteiger partial charge in [-0.05, 0) is 42.5 Å². The molecule has 0 saturated carbocycles. The monoisotopic (exact) mass is 412 g/mol. The van der Waals surface area contributed by atoms with Crippen molar-refractivity contribution < 1.29 is 23.2 Å². The third kappa shape index (κ3) is 3.25. The molecule has 1 aliphatic heterocycles. The van der Waals surface area contributed by atoms with E-state index in [0.29, 0.717) is 6.07 Å². The maximum Gasteiger partial charge on any atom is 0.266 e. The Bertz CT molecular complexity index is 1160. The van der Waals surface area contributed by atoms with Crippen LogP contribution in [0.15, 0.2) is 60.7 Å². The molecule has 0 radical (unpaired) electrons. The molecule has 144 valence electrons. The van der Waals surface area contributed by atoms with E-state index in [4.69, 9.17) is 11.6 Å². The highest BCUT2D eigenvalue weighted by atomic mass is 35.5. The number of fused-ring (bicyclic) bond motifs is 1. The molecule has 0 fully saturated rings. The highest BCUT2D eigenvalue weighted by Crippen LogP contribution is 2.34. The topological polar surface area (TPSA) is 66.5 Å². The van der Waals surface area contributed by atoms with Gasteiger partial charge in [-0.1, -0.05) is 23.7 Å². The second-order valence-electron chi connectivity index (χ2n) is 6.24. The van der Waals surface area contributed by atoms with Gasteiger partial charge in [-0.15, -0.1) is 0 Å². The van der Waals surface area contributed by atoms with Crippen molar-refractivity contribution in [2.24, 2.45) is 0 Å². The number of nitrogens with one attached hydrogen (secondary N) is 1. The molecule has 1 aliphatic rings. The average molecular weight is 413 g/mol. The van der Waals surface area contributed by atoms with Gasteiger partial charge in [0.1, 0.15) is 11.6 Å². The molecular weight excluding hydrogens is 402 g/mol. The molecule has 0 saturated heterocycles. The van der Waals surface area contributed by atoms with Gasteiger partial charge < -0.3 is 5.32 Å². The summed E-state index contributed by atoms with van der Waals surface area (Å²) in [6.07, 6.45) is 0. The summed E-state index contributed by atoms with van der Waals surface area (Å²) in [7, 11) is 0. The van der Waals surface area contributed by atoms with Crippen LogP contribution < -0.4 is 10.2 Å². The first-order valence-electron chi connectivity index (χ1n) is 8.40. The fourth-order valence-electron chi connectivity index (χ4n) is 3.05. The molecule has 3 amide bonds. The van der Waals surface area contributed by atoms with Gasteiger partial charge >= 0.3 is 0 Å². The summed E-state index contributed by atoms with van der Waals surface area (Å²) in [6.45, 7) is 0. The Balaban J connectivity index is 1.60. The van der Waals surface area contributed by atoms with Crippen molar-refractivity contribution in [3.05, 3.63) is 94.0 Å². The van der Waals surface area contributed by atoms with Crippen LogP contribution in [0.2, 0.25) is 5.02 Å². The number of hydrogen-bond acceptors (Lipinski definition) is 3. The van der Waals surface area contributed by atoms with Crippen LogP contribution in [0.1, 0.15) is 31.1 Å². The lowest BCUT2D eigenvalue weighted by Gasteiger charge is -2.16. The molecule has 1 heterocycles. The lowest BCUT2D eigenvalue weighted by Crippen LogP contribution is -2.29. The number of anilines is 2. The van der Waals surface area contributed by atoms with Crippen LogP contribution in [0.25, 0.3) is 0 Å². The van der Waals surface area contributed by atoms with Gasteiger partial charge in [0.25, 0.3) is 17.7 Å². The molecule has 0 spiro atoms. The van der Waals surface area contributed by atoms with E-state index >= 15 is 0 Å². The summed E-state index contributed by atoms with van der Waals surface area (Å²) >= 11 is 6.24. The van der Waals surface area contributed by atoms with Crippen molar-refractivity contribution in [1.82, 2.24) is 0 Å². The van der Waals surface area contributed by atoms with Crippen LogP contribution in [-0.2, 0) is 0 Å². The molecule has 8 heteroatoms. The fraction of sp³-hybridized carbons (Fsp3) is 0. The van der Waals surface area contributed by atoms with Crippen LogP contribution in [0.3, 0.4) is 0 Å². The number of benzene rings is 3. The Morgan fingerprint density at radius 3 is 2.14 bits per heavy atom. The van der Waals surface area contributed by atoms with Crippen molar-refractivity contribution in [2.75, 3.05) is 10.2 Å². The zero-order valence-corrected chi connectivity index (χ0v) is 15.3. The maximum atomic E-state index is 13.8. The van der Waals surface area contributed by atoms with Crippen LogP contribution in [-0.4, -0.2) is 17.7 Å². The van der Waals surface area contributed by atoms with Crippen LogP contribution in [0.4, 0.5) is 20.2 Å². The van der Waals surface area contributed by atoms with E-state index in [0.717, 1.165) is 17.0 Å². The molecule has 3 aromatic rings. The molecule has 0 unspecified atom stereocenters. The van der Waals surface area contributed by atoms with Crippen molar-refractivity contribution in [2.45, 2.75) is 0 Å². The SMILES string of the molecule is O=C(Nc1ccc(N2C(=O)c3ccccc3C2=O)c(Cl)c1)c1ccc(F)cc1F. The molecule has 1 N–H and O–H groups in total. The van der Waals surface area contributed by atoms with Gasteiger partial charge in [-0.25, -0.2) is 13.7 Å². The summed E-state index contributed by atoms with van der Waals surface area (Å²) in [4.78, 5) is 38.3. The van der Waals surface area contributed by atoms with Crippen molar-refractivity contribution >= 4 is 40.7 Å². The molecule has 0 atom stereocenters. The number of hydrogen-bond donors (Lipinski definition) is 1. The summed E-state index contributed by atoms with van der Waals surface area (Å²) < 4.78 is 26.8. The first-order valence-corrected chi connectivity index (χ1v) is 8.78. The number of carbonyl (C=O) groups is 3. The number of rotatable bonds is 3. The Labute approximate surface area is 168 Å². The smallest absolute Gasteiger partial charge is 0.266 e. The van der Waals surface area contributed by atoms with E-state index in [1.807, 2.05) is 0 Å². The lowest BCUT2D eigenvalue weighted by atomic mass is 10.1.